The van der Waals surface area contributed by atoms with E-state index in [0.717, 1.165) is 23.2 Å². The molecule has 0 aliphatic rings. The van der Waals surface area contributed by atoms with Crippen molar-refractivity contribution in [2.24, 2.45) is 0 Å². The van der Waals surface area contributed by atoms with Crippen molar-refractivity contribution in [1.82, 2.24) is 9.97 Å². The largest absolute Gasteiger partial charge is 0.321 e. The molecule has 1 heterocycles. The third kappa shape index (κ3) is 5.59. The molecule has 0 radical (unpaired) electrons. The molecule has 0 aliphatic heterocycles. The monoisotopic (exact) mass is 461 g/mol. The number of hydrogen-bond acceptors (Lipinski definition) is 6. The van der Waals surface area contributed by atoms with Gasteiger partial charge in [0.1, 0.15) is 0 Å². The Kier molecular flexibility index (Phi) is 6.80. The fourth-order valence-electron chi connectivity index (χ4n) is 2.79. The SMILES string of the molecule is Cc1cc(C)nc(SCc2ccccc2C(=O)Nc2cc(S(C)(=O)=O)ccc2Cl)n1. The summed E-state index contributed by atoms with van der Waals surface area (Å²) in [7, 11) is -3.42. The molecule has 6 nitrogen and oxygen atoms in total. The molecule has 0 saturated heterocycles. The second kappa shape index (κ2) is 9.16. The Morgan fingerprint density at radius 2 is 1.73 bits per heavy atom. The van der Waals surface area contributed by atoms with Crippen molar-refractivity contribution in [3.8, 4) is 0 Å². The van der Waals surface area contributed by atoms with Gasteiger partial charge in [-0.25, -0.2) is 18.4 Å². The zero-order valence-electron chi connectivity index (χ0n) is 16.6. The van der Waals surface area contributed by atoms with Crippen LogP contribution < -0.4 is 5.32 Å². The number of hydrogen-bond donors (Lipinski definition) is 1. The number of carbonyl (C=O) groups is 1. The number of rotatable bonds is 6. The Hall–Kier alpha value is -2.42. The van der Waals surface area contributed by atoms with Crippen LogP contribution >= 0.6 is 23.4 Å². The quantitative estimate of drug-likeness (QED) is 0.423. The van der Waals surface area contributed by atoms with Gasteiger partial charge in [0.05, 0.1) is 15.6 Å². The van der Waals surface area contributed by atoms with Crippen LogP contribution in [0.15, 0.2) is 58.6 Å². The molecule has 1 aromatic heterocycles. The van der Waals surface area contributed by atoms with Crippen LogP contribution in [0.25, 0.3) is 0 Å². The fraction of sp³-hybridized carbons (Fsp3) is 0.190. The molecular formula is C21H20ClN3O3S2. The maximum Gasteiger partial charge on any atom is 0.256 e. The minimum Gasteiger partial charge on any atom is -0.321 e. The zero-order chi connectivity index (χ0) is 21.9. The van der Waals surface area contributed by atoms with E-state index >= 15 is 0 Å². The minimum atomic E-state index is -3.42. The first-order valence-corrected chi connectivity index (χ1v) is 12.2. The zero-order valence-corrected chi connectivity index (χ0v) is 19.0. The van der Waals surface area contributed by atoms with E-state index in [9.17, 15) is 13.2 Å². The van der Waals surface area contributed by atoms with Gasteiger partial charge >= 0.3 is 0 Å². The predicted octanol–water partition coefficient (Wildman–Crippen LogP) is 4.69. The van der Waals surface area contributed by atoms with Gasteiger partial charge < -0.3 is 5.32 Å². The summed E-state index contributed by atoms with van der Waals surface area (Å²) in [6.07, 6.45) is 1.10. The van der Waals surface area contributed by atoms with E-state index in [4.69, 9.17) is 11.6 Å². The lowest BCUT2D eigenvalue weighted by Crippen LogP contribution is -2.15. The highest BCUT2D eigenvalue weighted by molar-refractivity contribution is 7.98. The average molecular weight is 462 g/mol. The van der Waals surface area contributed by atoms with Crippen molar-refractivity contribution in [1.29, 1.82) is 0 Å². The molecule has 1 N–H and O–H groups in total. The Morgan fingerprint density at radius 1 is 1.07 bits per heavy atom. The Labute approximate surface area is 185 Å². The highest BCUT2D eigenvalue weighted by Gasteiger charge is 2.16. The highest BCUT2D eigenvalue weighted by Crippen LogP contribution is 2.27. The molecule has 3 aromatic rings. The van der Waals surface area contributed by atoms with Gasteiger partial charge in [-0.1, -0.05) is 41.6 Å². The average Bonchev–Trinajstić information content (AvgIpc) is 2.66. The number of nitrogens with zero attached hydrogens (tertiary/aromatic N) is 2. The topological polar surface area (TPSA) is 89.0 Å². The fourth-order valence-corrected chi connectivity index (χ4v) is 4.55. The van der Waals surface area contributed by atoms with Gasteiger partial charge in [0.15, 0.2) is 15.0 Å². The predicted molar refractivity (Wildman–Crippen MR) is 120 cm³/mol. The molecule has 0 spiro atoms. The smallest absolute Gasteiger partial charge is 0.256 e. The Morgan fingerprint density at radius 3 is 2.40 bits per heavy atom. The van der Waals surface area contributed by atoms with Gasteiger partial charge in [0.2, 0.25) is 0 Å². The first kappa shape index (κ1) is 22.3. The molecule has 1 amide bonds. The van der Waals surface area contributed by atoms with E-state index in [0.29, 0.717) is 16.5 Å². The summed E-state index contributed by atoms with van der Waals surface area (Å²) < 4.78 is 23.6. The molecule has 0 bridgehead atoms. The van der Waals surface area contributed by atoms with Gasteiger partial charge in [-0.2, -0.15) is 0 Å². The number of carbonyl (C=O) groups excluding carboxylic acids is 1. The first-order chi connectivity index (χ1) is 14.1. The number of thioether (sulfide) groups is 1. The second-order valence-corrected chi connectivity index (χ2v) is 10.1. The summed E-state index contributed by atoms with van der Waals surface area (Å²) in [6.45, 7) is 3.82. The van der Waals surface area contributed by atoms with E-state index in [2.05, 4.69) is 15.3 Å². The molecular weight excluding hydrogens is 442 g/mol. The van der Waals surface area contributed by atoms with Gasteiger partial charge in [0, 0.05) is 29.0 Å². The van der Waals surface area contributed by atoms with Crippen LogP contribution in [0.2, 0.25) is 5.02 Å². The normalized spacial score (nSPS) is 11.3. The number of nitrogens with one attached hydrogen (secondary N) is 1. The van der Waals surface area contributed by atoms with E-state index < -0.39 is 9.84 Å². The maximum atomic E-state index is 12.9. The van der Waals surface area contributed by atoms with Gasteiger partial charge in [0.25, 0.3) is 5.91 Å². The van der Waals surface area contributed by atoms with Gasteiger partial charge in [-0.3, -0.25) is 4.79 Å². The first-order valence-electron chi connectivity index (χ1n) is 8.97. The van der Waals surface area contributed by atoms with Crippen molar-refractivity contribution < 1.29 is 13.2 Å². The van der Waals surface area contributed by atoms with E-state index in [-0.39, 0.29) is 21.5 Å². The molecule has 0 saturated carbocycles. The van der Waals surface area contributed by atoms with Gasteiger partial charge in [-0.05, 0) is 49.7 Å². The number of aryl methyl sites for hydroxylation is 2. The molecule has 9 heteroatoms. The number of benzene rings is 2. The Bertz CT molecular complexity index is 1190. The lowest BCUT2D eigenvalue weighted by Gasteiger charge is -2.12. The lowest BCUT2D eigenvalue weighted by molar-refractivity contribution is 0.102. The van der Waals surface area contributed by atoms with Crippen LogP contribution in [0.1, 0.15) is 27.3 Å². The molecule has 0 atom stereocenters. The summed E-state index contributed by atoms with van der Waals surface area (Å²) in [5, 5.41) is 3.62. The van der Waals surface area contributed by atoms with Crippen molar-refractivity contribution in [3.63, 3.8) is 0 Å². The second-order valence-electron chi connectivity index (χ2n) is 6.75. The van der Waals surface area contributed by atoms with Crippen molar-refractivity contribution in [2.75, 3.05) is 11.6 Å². The molecule has 0 fully saturated rings. The van der Waals surface area contributed by atoms with Crippen molar-refractivity contribution >= 4 is 44.8 Å². The number of aromatic nitrogens is 2. The molecule has 2 aromatic carbocycles. The minimum absolute atomic E-state index is 0.0815. The Balaban J connectivity index is 1.82. The van der Waals surface area contributed by atoms with Crippen LogP contribution in [-0.4, -0.2) is 30.5 Å². The molecule has 0 unspecified atom stereocenters. The van der Waals surface area contributed by atoms with Crippen LogP contribution in [0, 0.1) is 13.8 Å². The molecule has 3 rings (SSSR count). The van der Waals surface area contributed by atoms with Crippen LogP contribution in [0.4, 0.5) is 5.69 Å². The molecule has 30 heavy (non-hydrogen) atoms. The van der Waals surface area contributed by atoms with E-state index in [1.54, 1.807) is 12.1 Å². The summed E-state index contributed by atoms with van der Waals surface area (Å²) in [4.78, 5) is 21.8. The van der Waals surface area contributed by atoms with Crippen molar-refractivity contribution in [2.45, 2.75) is 29.7 Å². The van der Waals surface area contributed by atoms with Crippen LogP contribution in [0.5, 0.6) is 0 Å². The molecule has 156 valence electrons. The van der Waals surface area contributed by atoms with Crippen LogP contribution in [0.3, 0.4) is 0 Å². The third-order valence-electron chi connectivity index (χ3n) is 4.19. The summed E-state index contributed by atoms with van der Waals surface area (Å²) >= 11 is 7.60. The van der Waals surface area contributed by atoms with E-state index in [1.165, 1.54) is 30.0 Å². The lowest BCUT2D eigenvalue weighted by atomic mass is 10.1. The summed E-state index contributed by atoms with van der Waals surface area (Å²) in [6, 6.07) is 13.3. The maximum absolute atomic E-state index is 12.9. The molecule has 0 aliphatic carbocycles. The van der Waals surface area contributed by atoms with Gasteiger partial charge in [-0.15, -0.1) is 0 Å². The van der Waals surface area contributed by atoms with Crippen LogP contribution in [-0.2, 0) is 15.6 Å². The summed E-state index contributed by atoms with van der Waals surface area (Å²) in [5.41, 5.74) is 3.28. The number of anilines is 1. The number of halogens is 1. The summed E-state index contributed by atoms with van der Waals surface area (Å²) in [5.74, 6) is 0.129. The number of sulfone groups is 1. The van der Waals surface area contributed by atoms with Crippen molar-refractivity contribution in [3.05, 3.63) is 76.1 Å². The third-order valence-corrected chi connectivity index (χ3v) is 6.53. The standard InChI is InChI=1S/C21H20ClN3O3S2/c1-13-10-14(2)24-21(23-13)29-12-15-6-4-5-7-17(15)20(26)25-19-11-16(30(3,27)28)8-9-18(19)22/h4-11H,12H2,1-3H3,(H,25,26). The number of amides is 1. The van der Waals surface area contributed by atoms with E-state index in [1.807, 2.05) is 32.0 Å². The highest BCUT2D eigenvalue weighted by atomic mass is 35.5.